The molecule has 2 atom stereocenters. The molecular formula is C7H7IO5. The molecule has 0 amide bonds. The molecule has 0 saturated carbocycles. The molecule has 1 rings (SSSR count). The Morgan fingerprint density at radius 2 is 2.08 bits per heavy atom. The molecule has 3 N–H and O–H groups in total. The van der Waals surface area contributed by atoms with E-state index in [1.54, 1.807) is 6.07 Å². The summed E-state index contributed by atoms with van der Waals surface area (Å²) >= 11 is 1.87. The molecule has 5 nitrogen and oxygen atoms in total. The van der Waals surface area contributed by atoms with Crippen molar-refractivity contribution in [3.8, 4) is 0 Å². The summed E-state index contributed by atoms with van der Waals surface area (Å²) in [4.78, 5) is 10.3. The van der Waals surface area contributed by atoms with E-state index in [2.05, 4.69) is 0 Å². The first-order valence-corrected chi connectivity index (χ1v) is 4.44. The number of carboxylic acids is 1. The van der Waals surface area contributed by atoms with Crippen LogP contribution in [-0.2, 0) is 4.79 Å². The Morgan fingerprint density at radius 3 is 2.46 bits per heavy atom. The monoisotopic (exact) mass is 298 g/mol. The highest BCUT2D eigenvalue weighted by molar-refractivity contribution is 14.1. The van der Waals surface area contributed by atoms with Crippen molar-refractivity contribution in [2.45, 2.75) is 12.2 Å². The second-order valence-corrected chi connectivity index (χ2v) is 3.43. The number of aliphatic hydroxyl groups excluding tert-OH is 2. The summed E-state index contributed by atoms with van der Waals surface area (Å²) in [6.45, 7) is 0. The van der Waals surface area contributed by atoms with Gasteiger partial charge in [-0.05, 0) is 34.7 Å². The molecule has 0 aromatic carbocycles. The summed E-state index contributed by atoms with van der Waals surface area (Å²) in [5.74, 6) is -1.45. The average Bonchev–Trinajstić information content (AvgIpc) is 2.49. The van der Waals surface area contributed by atoms with Crippen LogP contribution >= 0.6 is 22.6 Å². The van der Waals surface area contributed by atoms with Crippen LogP contribution in [0.2, 0.25) is 0 Å². The minimum atomic E-state index is -1.86. The quantitative estimate of drug-likeness (QED) is 0.701. The van der Waals surface area contributed by atoms with Gasteiger partial charge in [0.1, 0.15) is 11.9 Å². The predicted molar refractivity (Wildman–Crippen MR) is 50.0 cm³/mol. The Labute approximate surface area is 87.1 Å². The number of hydrogen-bond donors (Lipinski definition) is 3. The number of hydrogen-bond acceptors (Lipinski definition) is 4. The second kappa shape index (κ2) is 4.07. The average molecular weight is 298 g/mol. The summed E-state index contributed by atoms with van der Waals surface area (Å²) in [5.41, 5.74) is 0. The largest absolute Gasteiger partial charge is 0.479 e. The molecule has 0 fully saturated rings. The van der Waals surface area contributed by atoms with Crippen molar-refractivity contribution in [1.29, 1.82) is 0 Å². The first-order chi connectivity index (χ1) is 6.02. The number of carbonyl (C=O) groups is 1. The van der Waals surface area contributed by atoms with Crippen molar-refractivity contribution >= 4 is 28.6 Å². The molecule has 2 unspecified atom stereocenters. The van der Waals surface area contributed by atoms with Crippen molar-refractivity contribution in [1.82, 2.24) is 0 Å². The van der Waals surface area contributed by atoms with E-state index in [0.717, 1.165) is 0 Å². The highest BCUT2D eigenvalue weighted by Crippen LogP contribution is 2.20. The Kier molecular flexibility index (Phi) is 3.28. The normalized spacial score (nSPS) is 15.3. The van der Waals surface area contributed by atoms with Crippen LogP contribution in [0.3, 0.4) is 0 Å². The fourth-order valence-corrected chi connectivity index (χ4v) is 1.21. The Morgan fingerprint density at radius 1 is 1.46 bits per heavy atom. The summed E-state index contributed by atoms with van der Waals surface area (Å²) in [7, 11) is 0. The molecule has 0 aliphatic heterocycles. The Bertz CT molecular complexity index is 308. The van der Waals surface area contributed by atoms with Crippen molar-refractivity contribution in [3.05, 3.63) is 21.7 Å². The van der Waals surface area contributed by atoms with Gasteiger partial charge in [-0.2, -0.15) is 0 Å². The zero-order valence-electron chi connectivity index (χ0n) is 6.35. The minimum absolute atomic E-state index is 0.0410. The van der Waals surface area contributed by atoms with E-state index in [-0.39, 0.29) is 5.76 Å². The number of carboxylic acid groups (broad SMARTS) is 1. The lowest BCUT2D eigenvalue weighted by atomic mass is 10.1. The van der Waals surface area contributed by atoms with Gasteiger partial charge in [-0.15, -0.1) is 0 Å². The zero-order chi connectivity index (χ0) is 10.0. The van der Waals surface area contributed by atoms with Crippen LogP contribution in [0, 0.1) is 3.77 Å². The fraction of sp³-hybridized carbons (Fsp3) is 0.286. The number of furan rings is 1. The molecule has 1 aromatic rings. The standard InChI is InChI=1S/C7H7IO5/c8-4-2-1-3(13-4)5(9)6(10)7(11)12/h1-2,5-6,9-10H,(H,11,12). The van der Waals surface area contributed by atoms with Crippen molar-refractivity contribution in [3.63, 3.8) is 0 Å². The van der Waals surface area contributed by atoms with Gasteiger partial charge in [0, 0.05) is 0 Å². The SMILES string of the molecule is O=C(O)C(O)C(O)c1ccc(I)o1. The van der Waals surface area contributed by atoms with Crippen LogP contribution in [0.4, 0.5) is 0 Å². The van der Waals surface area contributed by atoms with Gasteiger partial charge >= 0.3 is 5.97 Å². The molecule has 13 heavy (non-hydrogen) atoms. The molecule has 0 aliphatic carbocycles. The third kappa shape index (κ3) is 2.42. The molecule has 0 bridgehead atoms. The van der Waals surface area contributed by atoms with Crippen LogP contribution in [0.15, 0.2) is 16.5 Å². The maximum absolute atomic E-state index is 10.3. The topological polar surface area (TPSA) is 90.9 Å². The van der Waals surface area contributed by atoms with Gasteiger partial charge in [-0.25, -0.2) is 4.79 Å². The van der Waals surface area contributed by atoms with E-state index >= 15 is 0 Å². The second-order valence-electron chi connectivity index (χ2n) is 2.37. The lowest BCUT2D eigenvalue weighted by Crippen LogP contribution is -2.27. The van der Waals surface area contributed by atoms with Gasteiger partial charge in [-0.1, -0.05) is 0 Å². The summed E-state index contributed by atoms with van der Waals surface area (Å²) in [6, 6.07) is 2.98. The fourth-order valence-electron chi connectivity index (χ4n) is 0.778. The Hall–Kier alpha value is -0.600. The zero-order valence-corrected chi connectivity index (χ0v) is 8.50. The van der Waals surface area contributed by atoms with Crippen LogP contribution in [0.5, 0.6) is 0 Å². The van der Waals surface area contributed by atoms with E-state index in [0.29, 0.717) is 3.77 Å². The van der Waals surface area contributed by atoms with Crippen LogP contribution in [0.1, 0.15) is 11.9 Å². The number of halogens is 1. The van der Waals surface area contributed by atoms with Crippen LogP contribution in [-0.4, -0.2) is 27.4 Å². The van der Waals surface area contributed by atoms with Crippen molar-refractivity contribution in [2.24, 2.45) is 0 Å². The molecule has 0 spiro atoms. The third-order valence-electron chi connectivity index (χ3n) is 1.44. The molecular weight excluding hydrogens is 291 g/mol. The van der Waals surface area contributed by atoms with Gasteiger partial charge in [0.2, 0.25) is 0 Å². The van der Waals surface area contributed by atoms with Crippen molar-refractivity contribution < 1.29 is 24.5 Å². The van der Waals surface area contributed by atoms with Crippen LogP contribution < -0.4 is 0 Å². The van der Waals surface area contributed by atoms with Crippen molar-refractivity contribution in [2.75, 3.05) is 0 Å². The van der Waals surface area contributed by atoms with Gasteiger partial charge in [0.05, 0.1) is 0 Å². The third-order valence-corrected chi connectivity index (χ3v) is 2.02. The molecule has 0 saturated heterocycles. The van der Waals surface area contributed by atoms with Gasteiger partial charge in [0.15, 0.2) is 9.87 Å². The summed E-state index contributed by atoms with van der Waals surface area (Å²) in [6.07, 6.45) is -3.39. The molecule has 0 radical (unpaired) electrons. The first-order valence-electron chi connectivity index (χ1n) is 3.36. The first kappa shape index (κ1) is 10.5. The molecule has 1 heterocycles. The molecule has 6 heteroatoms. The van der Waals surface area contributed by atoms with Crippen LogP contribution in [0.25, 0.3) is 0 Å². The van der Waals surface area contributed by atoms with E-state index < -0.39 is 18.2 Å². The Balaban J connectivity index is 2.78. The van der Waals surface area contributed by atoms with E-state index in [4.69, 9.17) is 14.6 Å². The highest BCUT2D eigenvalue weighted by Gasteiger charge is 2.27. The molecule has 1 aromatic heterocycles. The molecule has 72 valence electrons. The lowest BCUT2D eigenvalue weighted by Gasteiger charge is -2.10. The van der Waals surface area contributed by atoms with E-state index in [1.165, 1.54) is 6.07 Å². The smallest absolute Gasteiger partial charge is 0.335 e. The highest BCUT2D eigenvalue weighted by atomic mass is 127. The summed E-state index contributed by atoms with van der Waals surface area (Å²) in [5, 5.41) is 26.6. The van der Waals surface area contributed by atoms with Gasteiger partial charge in [-0.3, -0.25) is 0 Å². The van der Waals surface area contributed by atoms with Gasteiger partial charge < -0.3 is 19.7 Å². The van der Waals surface area contributed by atoms with Gasteiger partial charge in [0.25, 0.3) is 0 Å². The minimum Gasteiger partial charge on any atom is -0.479 e. The number of aliphatic hydroxyl groups is 2. The number of aliphatic carboxylic acids is 1. The lowest BCUT2D eigenvalue weighted by molar-refractivity contribution is -0.153. The maximum atomic E-state index is 10.3. The number of rotatable bonds is 3. The van der Waals surface area contributed by atoms with E-state index in [1.807, 2.05) is 22.6 Å². The van der Waals surface area contributed by atoms with E-state index in [9.17, 15) is 9.90 Å². The maximum Gasteiger partial charge on any atom is 0.335 e. The molecule has 0 aliphatic rings. The predicted octanol–water partition coefficient (Wildman–Crippen LogP) is 0.363. The summed E-state index contributed by atoms with van der Waals surface area (Å²) < 4.78 is 5.45.